The fourth-order valence-corrected chi connectivity index (χ4v) is 4.01. The average molecular weight is 378 g/mol. The fourth-order valence-electron chi connectivity index (χ4n) is 2.36. The molecule has 0 atom stereocenters. The quantitative estimate of drug-likeness (QED) is 0.756. The molecule has 1 aromatic heterocycles. The number of nitrogens with zero attached hydrogens (tertiary/aromatic N) is 1. The van der Waals surface area contributed by atoms with E-state index in [1.165, 1.54) is 29.5 Å². The molecule has 0 aliphatic carbocycles. The Hall–Kier alpha value is -2.32. The van der Waals surface area contributed by atoms with Crippen LogP contribution in [0.4, 0.5) is 9.52 Å². The van der Waals surface area contributed by atoms with Gasteiger partial charge in [0.1, 0.15) is 5.82 Å². The summed E-state index contributed by atoms with van der Waals surface area (Å²) in [6, 6.07) is 9.21. The summed E-state index contributed by atoms with van der Waals surface area (Å²) in [5.74, 6) is -0.810. The number of aromatic nitrogens is 1. The molecule has 0 spiro atoms. The zero-order valence-corrected chi connectivity index (χ0v) is 15.2. The van der Waals surface area contributed by atoms with Crippen molar-refractivity contribution in [2.24, 2.45) is 0 Å². The molecule has 0 aliphatic rings. The minimum Gasteiger partial charge on any atom is -0.302 e. The van der Waals surface area contributed by atoms with Crippen LogP contribution >= 0.6 is 11.3 Å². The monoisotopic (exact) mass is 378 g/mol. The largest absolute Gasteiger partial charge is 0.302 e. The van der Waals surface area contributed by atoms with Gasteiger partial charge < -0.3 is 5.32 Å². The van der Waals surface area contributed by atoms with E-state index >= 15 is 0 Å². The third-order valence-corrected chi connectivity index (χ3v) is 5.63. The molecule has 0 radical (unpaired) electrons. The van der Waals surface area contributed by atoms with Crippen molar-refractivity contribution in [2.75, 3.05) is 11.6 Å². The maximum atomic E-state index is 13.7. The predicted octanol–water partition coefficient (Wildman–Crippen LogP) is 3.33. The summed E-state index contributed by atoms with van der Waals surface area (Å²) in [5.41, 5.74) is 1.78. The van der Waals surface area contributed by atoms with Crippen molar-refractivity contribution < 1.29 is 17.6 Å². The third kappa shape index (κ3) is 4.02. The molecule has 2 aromatic carbocycles. The fraction of sp³-hybridized carbons (Fsp3) is 0.176. The second-order valence-electron chi connectivity index (χ2n) is 5.74. The van der Waals surface area contributed by atoms with Gasteiger partial charge in [0.25, 0.3) is 0 Å². The van der Waals surface area contributed by atoms with Crippen LogP contribution in [0.25, 0.3) is 10.2 Å². The Balaban J connectivity index is 1.80. The SMILES string of the molecule is Cc1ccc(F)c(CC(=O)Nc2nc3ccc(S(C)(=O)=O)cc3s2)c1. The maximum absolute atomic E-state index is 13.7. The Kier molecular flexibility index (Phi) is 4.57. The second-order valence-corrected chi connectivity index (χ2v) is 8.79. The summed E-state index contributed by atoms with van der Waals surface area (Å²) < 4.78 is 37.6. The predicted molar refractivity (Wildman–Crippen MR) is 96.2 cm³/mol. The van der Waals surface area contributed by atoms with Gasteiger partial charge in [0, 0.05) is 6.26 Å². The number of thiazole rings is 1. The number of aryl methyl sites for hydroxylation is 1. The van der Waals surface area contributed by atoms with E-state index in [2.05, 4.69) is 10.3 Å². The van der Waals surface area contributed by atoms with E-state index in [9.17, 15) is 17.6 Å². The van der Waals surface area contributed by atoms with Crippen LogP contribution in [-0.4, -0.2) is 25.6 Å². The number of amides is 1. The first-order valence-corrected chi connectivity index (χ1v) is 10.1. The highest BCUT2D eigenvalue weighted by molar-refractivity contribution is 7.90. The lowest BCUT2D eigenvalue weighted by molar-refractivity contribution is -0.115. The van der Waals surface area contributed by atoms with Gasteiger partial charge >= 0.3 is 0 Å². The molecule has 0 saturated heterocycles. The Morgan fingerprint density at radius 1 is 1.24 bits per heavy atom. The number of fused-ring (bicyclic) bond motifs is 1. The first-order valence-electron chi connectivity index (χ1n) is 7.38. The van der Waals surface area contributed by atoms with Gasteiger partial charge in [-0.1, -0.05) is 29.0 Å². The molecule has 1 heterocycles. The number of anilines is 1. The van der Waals surface area contributed by atoms with Crippen LogP contribution in [0.5, 0.6) is 0 Å². The molecular formula is C17H15FN2O3S2. The lowest BCUT2D eigenvalue weighted by atomic mass is 10.1. The van der Waals surface area contributed by atoms with Crippen molar-refractivity contribution in [1.29, 1.82) is 0 Å². The number of sulfone groups is 1. The van der Waals surface area contributed by atoms with Gasteiger partial charge in [-0.05, 0) is 36.8 Å². The van der Waals surface area contributed by atoms with Crippen LogP contribution in [0.3, 0.4) is 0 Å². The Bertz CT molecular complexity index is 1070. The van der Waals surface area contributed by atoms with Crippen LogP contribution < -0.4 is 5.32 Å². The average Bonchev–Trinajstić information content (AvgIpc) is 2.91. The van der Waals surface area contributed by atoms with E-state index in [1.54, 1.807) is 18.2 Å². The molecule has 8 heteroatoms. The first-order chi connectivity index (χ1) is 11.7. The number of nitrogens with one attached hydrogen (secondary N) is 1. The molecule has 0 saturated carbocycles. The van der Waals surface area contributed by atoms with Crippen LogP contribution in [0.2, 0.25) is 0 Å². The number of hydrogen-bond acceptors (Lipinski definition) is 5. The van der Waals surface area contributed by atoms with E-state index in [0.29, 0.717) is 20.9 Å². The van der Waals surface area contributed by atoms with E-state index < -0.39 is 15.7 Å². The summed E-state index contributed by atoms with van der Waals surface area (Å²) in [4.78, 5) is 16.6. The van der Waals surface area contributed by atoms with Gasteiger partial charge in [0.2, 0.25) is 5.91 Å². The van der Waals surface area contributed by atoms with Gasteiger partial charge in [0.05, 0.1) is 21.5 Å². The number of rotatable bonds is 4. The number of benzene rings is 2. The van der Waals surface area contributed by atoms with E-state index in [-0.39, 0.29) is 17.2 Å². The number of halogens is 1. The number of hydrogen-bond donors (Lipinski definition) is 1. The van der Waals surface area contributed by atoms with Gasteiger partial charge in [-0.15, -0.1) is 0 Å². The summed E-state index contributed by atoms with van der Waals surface area (Å²) in [7, 11) is -3.31. The van der Waals surface area contributed by atoms with Crippen LogP contribution in [0.1, 0.15) is 11.1 Å². The molecule has 0 bridgehead atoms. The third-order valence-electron chi connectivity index (χ3n) is 3.59. The highest BCUT2D eigenvalue weighted by Gasteiger charge is 2.13. The van der Waals surface area contributed by atoms with Gasteiger partial charge in [-0.3, -0.25) is 4.79 Å². The van der Waals surface area contributed by atoms with Crippen LogP contribution in [0, 0.1) is 12.7 Å². The summed E-state index contributed by atoms with van der Waals surface area (Å²) in [6.45, 7) is 1.83. The lowest BCUT2D eigenvalue weighted by Gasteiger charge is -2.04. The van der Waals surface area contributed by atoms with Crippen molar-refractivity contribution in [3.05, 3.63) is 53.3 Å². The van der Waals surface area contributed by atoms with Crippen LogP contribution in [-0.2, 0) is 21.1 Å². The van der Waals surface area contributed by atoms with Crippen molar-refractivity contribution in [3.8, 4) is 0 Å². The van der Waals surface area contributed by atoms with E-state index in [4.69, 9.17) is 0 Å². The highest BCUT2D eigenvalue weighted by atomic mass is 32.2. The van der Waals surface area contributed by atoms with E-state index in [0.717, 1.165) is 11.8 Å². The number of carbonyl (C=O) groups is 1. The molecule has 3 rings (SSSR count). The summed E-state index contributed by atoms with van der Waals surface area (Å²) >= 11 is 1.17. The highest BCUT2D eigenvalue weighted by Crippen LogP contribution is 2.28. The molecule has 130 valence electrons. The Morgan fingerprint density at radius 3 is 2.72 bits per heavy atom. The molecule has 5 nitrogen and oxygen atoms in total. The van der Waals surface area contributed by atoms with Crippen molar-refractivity contribution in [1.82, 2.24) is 4.98 Å². The standard InChI is InChI=1S/C17H15FN2O3S2/c1-10-3-5-13(18)11(7-10)8-16(21)20-17-19-14-6-4-12(25(2,22)23)9-15(14)24-17/h3-7,9H,8H2,1-2H3,(H,19,20,21). The number of carbonyl (C=O) groups excluding carboxylic acids is 1. The second kappa shape index (κ2) is 6.53. The lowest BCUT2D eigenvalue weighted by Crippen LogP contribution is -2.15. The Labute approximate surface area is 148 Å². The zero-order valence-electron chi connectivity index (χ0n) is 13.5. The molecule has 3 aromatic rings. The van der Waals surface area contributed by atoms with Crippen molar-refractivity contribution in [2.45, 2.75) is 18.2 Å². The first kappa shape index (κ1) is 17.5. The molecule has 0 aliphatic heterocycles. The van der Waals surface area contributed by atoms with Crippen molar-refractivity contribution >= 4 is 42.4 Å². The van der Waals surface area contributed by atoms with Gasteiger partial charge in [0.15, 0.2) is 15.0 Å². The zero-order chi connectivity index (χ0) is 18.2. The van der Waals surface area contributed by atoms with Gasteiger partial charge in [-0.2, -0.15) is 0 Å². The molecule has 0 fully saturated rings. The normalized spacial score (nSPS) is 11.6. The minimum atomic E-state index is -3.31. The smallest absolute Gasteiger partial charge is 0.230 e. The molecule has 1 amide bonds. The van der Waals surface area contributed by atoms with Gasteiger partial charge in [-0.25, -0.2) is 17.8 Å². The summed E-state index contributed by atoms with van der Waals surface area (Å²) in [6.07, 6.45) is 1.03. The van der Waals surface area contributed by atoms with E-state index in [1.807, 2.05) is 6.92 Å². The Morgan fingerprint density at radius 2 is 2.00 bits per heavy atom. The summed E-state index contributed by atoms with van der Waals surface area (Å²) in [5, 5.41) is 2.98. The molecule has 25 heavy (non-hydrogen) atoms. The molecule has 0 unspecified atom stereocenters. The molecule has 1 N–H and O–H groups in total. The molecular weight excluding hydrogens is 363 g/mol. The van der Waals surface area contributed by atoms with Crippen molar-refractivity contribution in [3.63, 3.8) is 0 Å². The maximum Gasteiger partial charge on any atom is 0.230 e. The minimum absolute atomic E-state index is 0.0992. The topological polar surface area (TPSA) is 76.1 Å². The van der Waals surface area contributed by atoms with Crippen LogP contribution in [0.15, 0.2) is 41.3 Å².